The molecule has 0 N–H and O–H groups in total. The van der Waals surface area contributed by atoms with Crippen LogP contribution in [0.25, 0.3) is 0 Å². The molecule has 0 fully saturated rings. The highest BCUT2D eigenvalue weighted by atomic mass is 31.1. The van der Waals surface area contributed by atoms with Crippen molar-refractivity contribution in [2.24, 2.45) is 0 Å². The van der Waals surface area contributed by atoms with E-state index in [1.54, 1.807) is 0 Å². The fraction of sp³-hybridized carbons (Fsp3) is 1.00. The van der Waals surface area contributed by atoms with Gasteiger partial charge in [-0.2, -0.15) is 0 Å². The summed E-state index contributed by atoms with van der Waals surface area (Å²) in [5, 5.41) is 0. The molecule has 0 aliphatic rings. The van der Waals surface area contributed by atoms with Crippen molar-refractivity contribution < 1.29 is 14.0 Å². The molecule has 0 saturated heterocycles. The maximum atomic E-state index is 10.2. The fourth-order valence-corrected chi connectivity index (χ4v) is 4.13. The van der Waals surface area contributed by atoms with Gasteiger partial charge in [0.05, 0.1) is 0 Å². The van der Waals surface area contributed by atoms with E-state index < -0.39 is 8.25 Å². The van der Waals surface area contributed by atoms with E-state index in [1.165, 1.54) is 128 Å². The summed E-state index contributed by atoms with van der Waals surface area (Å²) in [5.74, 6) is 0. The Hall–Kier alpha value is 0.0200. The van der Waals surface area contributed by atoms with Crippen molar-refractivity contribution in [1.29, 1.82) is 0 Å². The molecule has 3 nitrogen and oxygen atoms in total. The molecule has 0 aromatic carbocycles. The Morgan fingerprint density at radius 3 is 1.00 bits per heavy atom. The second-order valence-corrected chi connectivity index (χ2v) is 9.19. The number of hydrogen-bond donors (Lipinski definition) is 0. The summed E-state index contributed by atoms with van der Waals surface area (Å²) in [6, 6.07) is 0. The molecule has 0 heterocycles. The largest absolute Gasteiger partial charge is 0.566 e. The van der Waals surface area contributed by atoms with Crippen molar-refractivity contribution in [3.8, 4) is 0 Å². The molecule has 1 atom stereocenters. The van der Waals surface area contributed by atoms with E-state index in [2.05, 4.69) is 11.4 Å². The first kappa shape index (κ1) is 28.0. The Morgan fingerprint density at radius 1 is 0.500 bits per heavy atom. The highest BCUT2D eigenvalue weighted by molar-refractivity contribution is 7.30. The zero-order valence-corrected chi connectivity index (χ0v) is 19.8. The first-order valence-electron chi connectivity index (χ1n) is 12.5. The Balaban J connectivity index is 2.99. The fourth-order valence-electron chi connectivity index (χ4n) is 3.85. The van der Waals surface area contributed by atoms with Gasteiger partial charge in [-0.25, -0.2) is 0 Å². The summed E-state index contributed by atoms with van der Waals surface area (Å²) < 4.78 is 14.8. The van der Waals surface area contributed by atoms with Crippen LogP contribution in [0.2, 0.25) is 0 Å². The minimum atomic E-state index is -2.65. The third kappa shape index (κ3) is 26.0. The van der Waals surface area contributed by atoms with Crippen molar-refractivity contribution >= 4 is 8.25 Å². The molecule has 0 aliphatic carbocycles. The van der Waals surface area contributed by atoms with Gasteiger partial charge >= 0.3 is 8.25 Å². The third-order valence-corrected chi connectivity index (χ3v) is 6.09. The molecule has 28 heavy (non-hydrogen) atoms. The first-order valence-corrected chi connectivity index (χ1v) is 13.6. The van der Waals surface area contributed by atoms with Gasteiger partial charge in [0, 0.05) is 0 Å². The van der Waals surface area contributed by atoms with Gasteiger partial charge < -0.3 is 4.89 Å². The van der Waals surface area contributed by atoms with Crippen molar-refractivity contribution in [3.63, 3.8) is 0 Å². The molecule has 0 aromatic heterocycles. The average molecular weight is 417 g/mol. The van der Waals surface area contributed by atoms with Gasteiger partial charge in [-0.1, -0.05) is 142 Å². The van der Waals surface area contributed by atoms with Crippen molar-refractivity contribution in [2.75, 3.05) is 6.61 Å². The van der Waals surface area contributed by atoms with E-state index in [1.807, 2.05) is 0 Å². The van der Waals surface area contributed by atoms with Crippen LogP contribution in [0, 0.1) is 0 Å². The topological polar surface area (TPSA) is 49.4 Å². The smallest absolute Gasteiger partial charge is 0.488 e. The van der Waals surface area contributed by atoms with Crippen LogP contribution < -0.4 is 4.89 Å². The van der Waals surface area contributed by atoms with Crippen LogP contribution in [0.1, 0.15) is 148 Å². The molecule has 0 spiro atoms. The Labute approximate surface area is 177 Å². The molecular weight excluding hydrogens is 367 g/mol. The standard InChI is InChI=1S/C24H49O3P/c1-2-3-4-5-6-7-8-9-10-11-12-13-14-15-16-17-18-19-20-21-22-23-24-27-28(25)26/h2-24H2,1H3. The molecule has 0 aliphatic heterocycles. The van der Waals surface area contributed by atoms with E-state index in [4.69, 9.17) is 0 Å². The number of hydrogen-bond acceptors (Lipinski definition) is 3. The molecule has 0 bridgehead atoms. The van der Waals surface area contributed by atoms with Gasteiger partial charge in [-0.15, -0.1) is 4.52 Å². The molecule has 168 valence electrons. The monoisotopic (exact) mass is 416 g/mol. The molecule has 0 aromatic rings. The van der Waals surface area contributed by atoms with Gasteiger partial charge in [0.25, 0.3) is 0 Å². The lowest BCUT2D eigenvalue weighted by molar-refractivity contribution is -0.185. The summed E-state index contributed by atoms with van der Waals surface area (Å²) in [6.45, 7) is 2.65. The van der Waals surface area contributed by atoms with Crippen LogP contribution in [0.15, 0.2) is 0 Å². The summed E-state index contributed by atoms with van der Waals surface area (Å²) in [7, 11) is -2.65. The SMILES string of the molecule is CCCCCCCCCCCCCCCCCCCCCCCCO[P+](=O)[O-]. The summed E-state index contributed by atoms with van der Waals surface area (Å²) in [5.41, 5.74) is 0. The van der Waals surface area contributed by atoms with Gasteiger partial charge in [0.2, 0.25) is 0 Å². The van der Waals surface area contributed by atoms with E-state index in [9.17, 15) is 9.46 Å². The van der Waals surface area contributed by atoms with Crippen LogP contribution in [0.4, 0.5) is 0 Å². The second kappa shape index (κ2) is 25.1. The predicted octanol–water partition coefficient (Wildman–Crippen LogP) is 8.62. The highest BCUT2D eigenvalue weighted by Gasteiger charge is 2.00. The zero-order chi connectivity index (χ0) is 20.5. The Morgan fingerprint density at radius 2 is 0.750 bits per heavy atom. The van der Waals surface area contributed by atoms with Crippen LogP contribution in [-0.2, 0) is 9.09 Å². The normalized spacial score (nSPS) is 11.9. The quantitative estimate of drug-likeness (QED) is 0.117. The molecule has 0 rings (SSSR count). The van der Waals surface area contributed by atoms with Gasteiger partial charge in [-0.05, 0) is 11.0 Å². The molecule has 0 radical (unpaired) electrons. The van der Waals surface area contributed by atoms with E-state index in [0.717, 1.165) is 12.8 Å². The first-order chi connectivity index (χ1) is 13.8. The van der Waals surface area contributed by atoms with E-state index >= 15 is 0 Å². The van der Waals surface area contributed by atoms with Gasteiger partial charge in [-0.3, -0.25) is 0 Å². The number of rotatable bonds is 24. The minimum Gasteiger partial charge on any atom is -0.566 e. The Kier molecular flexibility index (Phi) is 25.1. The summed E-state index contributed by atoms with van der Waals surface area (Å²) in [4.78, 5) is 10.2. The number of unbranched alkanes of at least 4 members (excludes halogenated alkanes) is 21. The lowest BCUT2D eigenvalue weighted by Crippen LogP contribution is -1.93. The lowest BCUT2D eigenvalue weighted by atomic mass is 10.0. The molecule has 1 unspecified atom stereocenters. The maximum Gasteiger partial charge on any atom is 0.488 e. The Bertz CT molecular complexity index is 310. The van der Waals surface area contributed by atoms with E-state index in [0.29, 0.717) is 6.61 Å². The summed E-state index contributed by atoms with van der Waals surface area (Å²) >= 11 is 0. The van der Waals surface area contributed by atoms with Crippen molar-refractivity contribution in [1.82, 2.24) is 0 Å². The highest BCUT2D eigenvalue weighted by Crippen LogP contribution is 2.15. The van der Waals surface area contributed by atoms with Crippen LogP contribution in [-0.4, -0.2) is 6.61 Å². The molecule has 0 saturated carbocycles. The average Bonchev–Trinajstić information content (AvgIpc) is 2.68. The second-order valence-electron chi connectivity index (χ2n) is 8.48. The predicted molar refractivity (Wildman–Crippen MR) is 121 cm³/mol. The zero-order valence-electron chi connectivity index (χ0n) is 18.9. The van der Waals surface area contributed by atoms with Gasteiger partial charge in [0.15, 0.2) is 0 Å². The summed E-state index contributed by atoms with van der Waals surface area (Å²) in [6.07, 6.45) is 30.1. The van der Waals surface area contributed by atoms with Crippen LogP contribution in [0.5, 0.6) is 0 Å². The van der Waals surface area contributed by atoms with Crippen molar-refractivity contribution in [3.05, 3.63) is 0 Å². The van der Waals surface area contributed by atoms with Crippen LogP contribution >= 0.6 is 8.25 Å². The van der Waals surface area contributed by atoms with Crippen LogP contribution in [0.3, 0.4) is 0 Å². The third-order valence-electron chi connectivity index (χ3n) is 5.69. The minimum absolute atomic E-state index is 0.359. The lowest BCUT2D eigenvalue weighted by Gasteiger charge is -2.04. The molecule has 0 amide bonds. The van der Waals surface area contributed by atoms with Gasteiger partial charge in [0.1, 0.15) is 6.61 Å². The maximum absolute atomic E-state index is 10.2. The van der Waals surface area contributed by atoms with Crippen molar-refractivity contribution in [2.45, 2.75) is 148 Å². The molecule has 4 heteroatoms. The van der Waals surface area contributed by atoms with E-state index in [-0.39, 0.29) is 0 Å². The molecular formula is C24H49O3P.